The number of anilines is 2. The SMILES string of the molecule is CCc1ccc(N)cc1N1CCCC1=O. The second kappa shape index (κ2) is 3.93. The first-order valence-electron chi connectivity index (χ1n) is 5.41. The lowest BCUT2D eigenvalue weighted by atomic mass is 10.1. The van der Waals surface area contributed by atoms with E-state index in [0.29, 0.717) is 6.42 Å². The Morgan fingerprint density at radius 2 is 2.27 bits per heavy atom. The Labute approximate surface area is 89.9 Å². The molecule has 0 bridgehead atoms. The third kappa shape index (κ3) is 1.82. The van der Waals surface area contributed by atoms with Crippen LogP contribution in [0.4, 0.5) is 11.4 Å². The number of nitrogen functional groups attached to an aromatic ring is 1. The summed E-state index contributed by atoms with van der Waals surface area (Å²) in [6, 6.07) is 5.81. The van der Waals surface area contributed by atoms with E-state index in [-0.39, 0.29) is 5.91 Å². The maximum atomic E-state index is 11.6. The van der Waals surface area contributed by atoms with E-state index >= 15 is 0 Å². The number of aryl methyl sites for hydroxylation is 1. The average Bonchev–Trinajstić information content (AvgIpc) is 2.64. The van der Waals surface area contributed by atoms with Crippen molar-refractivity contribution in [1.29, 1.82) is 0 Å². The standard InChI is InChI=1S/C12H16N2O/c1-2-9-5-6-10(13)8-11(9)14-7-3-4-12(14)15/h5-6,8H,2-4,7,13H2,1H3. The Morgan fingerprint density at radius 3 is 2.87 bits per heavy atom. The van der Waals surface area contributed by atoms with Gasteiger partial charge in [-0.05, 0) is 30.5 Å². The predicted octanol–water partition coefficient (Wildman–Crippen LogP) is 1.96. The summed E-state index contributed by atoms with van der Waals surface area (Å²) in [5.74, 6) is 0.218. The van der Waals surface area contributed by atoms with E-state index in [9.17, 15) is 4.79 Å². The van der Waals surface area contributed by atoms with Crippen molar-refractivity contribution in [2.24, 2.45) is 0 Å². The highest BCUT2D eigenvalue weighted by atomic mass is 16.2. The van der Waals surface area contributed by atoms with Crippen molar-refractivity contribution in [3.05, 3.63) is 23.8 Å². The van der Waals surface area contributed by atoms with Gasteiger partial charge in [0, 0.05) is 24.3 Å². The number of carbonyl (C=O) groups is 1. The van der Waals surface area contributed by atoms with Gasteiger partial charge in [0.2, 0.25) is 5.91 Å². The lowest BCUT2D eigenvalue weighted by molar-refractivity contribution is -0.117. The summed E-state index contributed by atoms with van der Waals surface area (Å²) in [4.78, 5) is 13.5. The maximum Gasteiger partial charge on any atom is 0.227 e. The minimum atomic E-state index is 0.218. The largest absolute Gasteiger partial charge is 0.399 e. The van der Waals surface area contributed by atoms with Gasteiger partial charge in [0.05, 0.1) is 0 Å². The van der Waals surface area contributed by atoms with Crippen LogP contribution in [0.15, 0.2) is 18.2 Å². The molecule has 0 unspecified atom stereocenters. The van der Waals surface area contributed by atoms with Crippen LogP contribution in [0.2, 0.25) is 0 Å². The van der Waals surface area contributed by atoms with Crippen molar-refractivity contribution < 1.29 is 4.79 Å². The van der Waals surface area contributed by atoms with Gasteiger partial charge in [-0.2, -0.15) is 0 Å². The smallest absolute Gasteiger partial charge is 0.227 e. The molecule has 2 N–H and O–H groups in total. The highest BCUT2D eigenvalue weighted by Gasteiger charge is 2.23. The molecule has 1 heterocycles. The second-order valence-electron chi connectivity index (χ2n) is 3.89. The van der Waals surface area contributed by atoms with Gasteiger partial charge in [-0.3, -0.25) is 4.79 Å². The van der Waals surface area contributed by atoms with Gasteiger partial charge < -0.3 is 10.6 Å². The topological polar surface area (TPSA) is 46.3 Å². The summed E-state index contributed by atoms with van der Waals surface area (Å²) in [7, 11) is 0. The number of hydrogen-bond acceptors (Lipinski definition) is 2. The zero-order valence-electron chi connectivity index (χ0n) is 8.99. The fourth-order valence-electron chi connectivity index (χ4n) is 2.03. The molecule has 1 fully saturated rings. The van der Waals surface area contributed by atoms with Crippen LogP contribution in [0, 0.1) is 0 Å². The van der Waals surface area contributed by atoms with E-state index in [1.807, 2.05) is 23.1 Å². The zero-order valence-corrected chi connectivity index (χ0v) is 8.99. The van der Waals surface area contributed by atoms with Gasteiger partial charge in [0.15, 0.2) is 0 Å². The Morgan fingerprint density at radius 1 is 1.47 bits per heavy atom. The zero-order chi connectivity index (χ0) is 10.8. The molecule has 0 radical (unpaired) electrons. The molecular formula is C12H16N2O. The normalized spacial score (nSPS) is 16.1. The van der Waals surface area contributed by atoms with Gasteiger partial charge in [-0.25, -0.2) is 0 Å². The van der Waals surface area contributed by atoms with Crippen LogP contribution in [0.1, 0.15) is 25.3 Å². The summed E-state index contributed by atoms with van der Waals surface area (Å²) in [6.45, 7) is 2.92. The number of amides is 1. The Balaban J connectivity index is 2.40. The number of nitrogens with zero attached hydrogens (tertiary/aromatic N) is 1. The molecule has 0 spiro atoms. The number of rotatable bonds is 2. The van der Waals surface area contributed by atoms with Crippen LogP contribution < -0.4 is 10.6 Å². The lowest BCUT2D eigenvalue weighted by Gasteiger charge is -2.19. The van der Waals surface area contributed by atoms with Gasteiger partial charge in [-0.1, -0.05) is 13.0 Å². The van der Waals surface area contributed by atoms with Crippen LogP contribution in [-0.4, -0.2) is 12.5 Å². The molecule has 3 nitrogen and oxygen atoms in total. The minimum Gasteiger partial charge on any atom is -0.399 e. The highest BCUT2D eigenvalue weighted by molar-refractivity contribution is 5.96. The molecule has 1 aliphatic heterocycles. The van der Waals surface area contributed by atoms with Gasteiger partial charge in [-0.15, -0.1) is 0 Å². The molecule has 0 saturated carbocycles. The molecular weight excluding hydrogens is 188 g/mol. The summed E-state index contributed by atoms with van der Waals surface area (Å²) >= 11 is 0. The van der Waals surface area contributed by atoms with Crippen molar-refractivity contribution in [2.75, 3.05) is 17.2 Å². The van der Waals surface area contributed by atoms with Gasteiger partial charge in [0.1, 0.15) is 0 Å². The van der Waals surface area contributed by atoms with E-state index < -0.39 is 0 Å². The third-order valence-electron chi connectivity index (χ3n) is 2.85. The Bertz CT molecular complexity index is 387. The minimum absolute atomic E-state index is 0.218. The summed E-state index contributed by atoms with van der Waals surface area (Å²) in [6.07, 6.45) is 2.55. The van der Waals surface area contributed by atoms with Crippen molar-refractivity contribution in [3.8, 4) is 0 Å². The average molecular weight is 204 g/mol. The van der Waals surface area contributed by atoms with E-state index in [0.717, 1.165) is 30.8 Å². The Kier molecular flexibility index (Phi) is 2.62. The van der Waals surface area contributed by atoms with Gasteiger partial charge in [0.25, 0.3) is 0 Å². The van der Waals surface area contributed by atoms with Crippen LogP contribution >= 0.6 is 0 Å². The number of nitrogens with two attached hydrogens (primary N) is 1. The predicted molar refractivity (Wildman–Crippen MR) is 61.8 cm³/mol. The van der Waals surface area contributed by atoms with Crippen LogP contribution in [0.25, 0.3) is 0 Å². The Hall–Kier alpha value is -1.51. The van der Waals surface area contributed by atoms with Crippen LogP contribution in [-0.2, 0) is 11.2 Å². The summed E-state index contributed by atoms with van der Waals surface area (Å²) < 4.78 is 0. The molecule has 1 aliphatic rings. The second-order valence-corrected chi connectivity index (χ2v) is 3.89. The van der Waals surface area contributed by atoms with E-state index in [4.69, 9.17) is 5.73 Å². The number of carbonyl (C=O) groups excluding carboxylic acids is 1. The lowest BCUT2D eigenvalue weighted by Crippen LogP contribution is -2.24. The molecule has 80 valence electrons. The summed E-state index contributed by atoms with van der Waals surface area (Å²) in [5.41, 5.74) is 8.68. The summed E-state index contributed by atoms with van der Waals surface area (Å²) in [5, 5.41) is 0. The molecule has 0 aromatic heterocycles. The maximum absolute atomic E-state index is 11.6. The fourth-order valence-corrected chi connectivity index (χ4v) is 2.03. The van der Waals surface area contributed by atoms with Crippen molar-refractivity contribution >= 4 is 17.3 Å². The third-order valence-corrected chi connectivity index (χ3v) is 2.85. The molecule has 1 aromatic rings. The number of benzene rings is 1. The molecule has 2 rings (SSSR count). The van der Waals surface area contributed by atoms with E-state index in [1.165, 1.54) is 5.56 Å². The molecule has 0 atom stereocenters. The van der Waals surface area contributed by atoms with Gasteiger partial charge >= 0.3 is 0 Å². The first kappa shape index (κ1) is 10.0. The van der Waals surface area contributed by atoms with Crippen LogP contribution in [0.5, 0.6) is 0 Å². The molecule has 1 amide bonds. The molecule has 0 aliphatic carbocycles. The van der Waals surface area contributed by atoms with E-state index in [1.54, 1.807) is 0 Å². The quantitative estimate of drug-likeness (QED) is 0.748. The van der Waals surface area contributed by atoms with E-state index in [2.05, 4.69) is 6.92 Å². The number of hydrogen-bond donors (Lipinski definition) is 1. The molecule has 15 heavy (non-hydrogen) atoms. The first-order chi connectivity index (χ1) is 7.22. The molecule has 1 saturated heterocycles. The van der Waals surface area contributed by atoms with Crippen molar-refractivity contribution in [2.45, 2.75) is 26.2 Å². The molecule has 1 aromatic carbocycles. The highest BCUT2D eigenvalue weighted by Crippen LogP contribution is 2.27. The van der Waals surface area contributed by atoms with Crippen LogP contribution in [0.3, 0.4) is 0 Å². The first-order valence-corrected chi connectivity index (χ1v) is 5.41. The van der Waals surface area contributed by atoms with Crippen molar-refractivity contribution in [1.82, 2.24) is 0 Å². The fraction of sp³-hybridized carbons (Fsp3) is 0.417. The monoisotopic (exact) mass is 204 g/mol. The molecule has 3 heteroatoms. The van der Waals surface area contributed by atoms with Crippen molar-refractivity contribution in [3.63, 3.8) is 0 Å².